The molecule has 1 heterocycles. The van der Waals surface area contributed by atoms with Crippen molar-refractivity contribution in [2.45, 2.75) is 6.42 Å². The second-order valence-corrected chi connectivity index (χ2v) is 4.81. The zero-order valence-electron chi connectivity index (χ0n) is 8.74. The SMILES string of the molecule is Brc1ccc2c3c(ccc2c1)OCC=CC3. The average Bonchev–Trinajstić information content (AvgIpc) is 2.53. The Morgan fingerprint density at radius 1 is 1.06 bits per heavy atom. The molecule has 0 amide bonds. The summed E-state index contributed by atoms with van der Waals surface area (Å²) in [4.78, 5) is 0. The lowest BCUT2D eigenvalue weighted by atomic mass is 10.0. The van der Waals surface area contributed by atoms with E-state index in [1.807, 2.05) is 0 Å². The molecule has 0 unspecified atom stereocenters. The molecular formula is C14H11BrO. The van der Waals surface area contributed by atoms with E-state index in [4.69, 9.17) is 4.74 Å². The summed E-state index contributed by atoms with van der Waals surface area (Å²) < 4.78 is 6.80. The van der Waals surface area contributed by atoms with Crippen LogP contribution < -0.4 is 4.74 Å². The van der Waals surface area contributed by atoms with Crippen molar-refractivity contribution in [2.24, 2.45) is 0 Å². The lowest BCUT2D eigenvalue weighted by Gasteiger charge is -2.10. The van der Waals surface area contributed by atoms with Gasteiger partial charge in [0.05, 0.1) is 0 Å². The third kappa shape index (κ3) is 1.63. The van der Waals surface area contributed by atoms with Gasteiger partial charge in [-0.25, -0.2) is 0 Å². The molecule has 1 aliphatic heterocycles. The fourth-order valence-electron chi connectivity index (χ4n) is 2.10. The molecule has 0 bridgehead atoms. The molecule has 0 N–H and O–H groups in total. The van der Waals surface area contributed by atoms with Gasteiger partial charge in [0.1, 0.15) is 12.4 Å². The van der Waals surface area contributed by atoms with Crippen LogP contribution in [0.15, 0.2) is 47.0 Å². The molecule has 0 fully saturated rings. The molecule has 3 rings (SSSR count). The quantitative estimate of drug-likeness (QED) is 0.658. The van der Waals surface area contributed by atoms with Crippen molar-refractivity contribution in [1.29, 1.82) is 0 Å². The van der Waals surface area contributed by atoms with Gasteiger partial charge >= 0.3 is 0 Å². The Labute approximate surface area is 103 Å². The van der Waals surface area contributed by atoms with Gasteiger partial charge < -0.3 is 4.74 Å². The standard InChI is InChI=1S/C14H11BrO/c15-11-5-6-12-10(9-11)4-7-14-13(12)3-1-2-8-16-14/h1-2,4-7,9H,3,8H2. The van der Waals surface area contributed by atoms with Crippen molar-refractivity contribution < 1.29 is 4.74 Å². The maximum Gasteiger partial charge on any atom is 0.123 e. The highest BCUT2D eigenvalue weighted by atomic mass is 79.9. The molecule has 0 atom stereocenters. The van der Waals surface area contributed by atoms with E-state index >= 15 is 0 Å². The summed E-state index contributed by atoms with van der Waals surface area (Å²) in [5.74, 6) is 1.01. The molecule has 0 spiro atoms. The lowest BCUT2D eigenvalue weighted by molar-refractivity contribution is 0.363. The van der Waals surface area contributed by atoms with Crippen LogP contribution in [0, 0.1) is 0 Å². The van der Waals surface area contributed by atoms with E-state index in [0.717, 1.165) is 16.6 Å². The van der Waals surface area contributed by atoms with Crippen molar-refractivity contribution >= 4 is 26.7 Å². The number of hydrogen-bond acceptors (Lipinski definition) is 1. The second-order valence-electron chi connectivity index (χ2n) is 3.89. The third-order valence-electron chi connectivity index (χ3n) is 2.87. The normalized spacial score (nSPS) is 14.3. The van der Waals surface area contributed by atoms with E-state index < -0.39 is 0 Å². The molecule has 1 aliphatic rings. The summed E-state index contributed by atoms with van der Waals surface area (Å²) >= 11 is 3.50. The maximum atomic E-state index is 5.69. The van der Waals surface area contributed by atoms with E-state index in [1.165, 1.54) is 16.3 Å². The molecule has 0 aromatic heterocycles. The highest BCUT2D eigenvalue weighted by Crippen LogP contribution is 2.31. The molecule has 80 valence electrons. The van der Waals surface area contributed by atoms with Crippen LogP contribution >= 0.6 is 15.9 Å². The topological polar surface area (TPSA) is 9.23 Å². The van der Waals surface area contributed by atoms with Crippen LogP contribution in [0.2, 0.25) is 0 Å². The van der Waals surface area contributed by atoms with Gasteiger partial charge in [0, 0.05) is 10.0 Å². The van der Waals surface area contributed by atoms with Crippen LogP contribution in [-0.2, 0) is 6.42 Å². The highest BCUT2D eigenvalue weighted by Gasteiger charge is 2.09. The summed E-state index contributed by atoms with van der Waals surface area (Å²) in [6.07, 6.45) is 5.20. The van der Waals surface area contributed by atoms with E-state index in [1.54, 1.807) is 0 Å². The number of rotatable bonds is 0. The molecule has 2 aromatic carbocycles. The van der Waals surface area contributed by atoms with Gasteiger partial charge in [-0.1, -0.05) is 40.2 Å². The van der Waals surface area contributed by atoms with Gasteiger partial charge in [-0.3, -0.25) is 0 Å². The van der Waals surface area contributed by atoms with Crippen molar-refractivity contribution in [1.82, 2.24) is 0 Å². The predicted octanol–water partition coefficient (Wildman–Crippen LogP) is 4.09. The van der Waals surface area contributed by atoms with Crippen molar-refractivity contribution in [3.63, 3.8) is 0 Å². The Morgan fingerprint density at radius 2 is 2.00 bits per heavy atom. The minimum Gasteiger partial charge on any atom is -0.489 e. The Bertz CT molecular complexity index is 572. The molecular weight excluding hydrogens is 264 g/mol. The summed E-state index contributed by atoms with van der Waals surface area (Å²) in [6, 6.07) is 10.6. The van der Waals surface area contributed by atoms with Crippen LogP contribution in [0.3, 0.4) is 0 Å². The van der Waals surface area contributed by atoms with E-state index in [2.05, 4.69) is 58.4 Å². The largest absolute Gasteiger partial charge is 0.489 e. The maximum absolute atomic E-state index is 5.69. The van der Waals surface area contributed by atoms with Crippen LogP contribution in [0.25, 0.3) is 10.8 Å². The van der Waals surface area contributed by atoms with E-state index in [-0.39, 0.29) is 0 Å². The Hall–Kier alpha value is -1.28. The van der Waals surface area contributed by atoms with Crippen molar-refractivity contribution in [3.8, 4) is 5.75 Å². The number of allylic oxidation sites excluding steroid dienone is 1. The van der Waals surface area contributed by atoms with Gasteiger partial charge in [-0.15, -0.1) is 0 Å². The van der Waals surface area contributed by atoms with Crippen LogP contribution in [0.4, 0.5) is 0 Å². The minimum atomic E-state index is 0.676. The third-order valence-corrected chi connectivity index (χ3v) is 3.37. The Balaban J connectivity index is 2.29. The number of hydrogen-bond donors (Lipinski definition) is 0. The number of fused-ring (bicyclic) bond motifs is 3. The Morgan fingerprint density at radius 3 is 2.94 bits per heavy atom. The zero-order chi connectivity index (χ0) is 11.0. The van der Waals surface area contributed by atoms with E-state index in [0.29, 0.717) is 6.61 Å². The average molecular weight is 275 g/mol. The molecule has 0 radical (unpaired) electrons. The lowest BCUT2D eigenvalue weighted by Crippen LogP contribution is -1.94. The molecule has 2 heteroatoms. The molecule has 1 nitrogen and oxygen atoms in total. The summed E-state index contributed by atoms with van der Waals surface area (Å²) in [5.41, 5.74) is 1.29. The van der Waals surface area contributed by atoms with Gasteiger partial charge in [0.2, 0.25) is 0 Å². The fraction of sp³-hybridized carbons (Fsp3) is 0.143. The molecule has 2 aromatic rings. The van der Waals surface area contributed by atoms with Crippen LogP contribution in [0.5, 0.6) is 5.75 Å². The van der Waals surface area contributed by atoms with E-state index in [9.17, 15) is 0 Å². The highest BCUT2D eigenvalue weighted by molar-refractivity contribution is 9.10. The van der Waals surface area contributed by atoms with Gasteiger partial charge in [-0.2, -0.15) is 0 Å². The van der Waals surface area contributed by atoms with Crippen molar-refractivity contribution in [3.05, 3.63) is 52.5 Å². The number of halogens is 1. The van der Waals surface area contributed by atoms with Crippen molar-refractivity contribution in [2.75, 3.05) is 6.61 Å². The fourth-order valence-corrected chi connectivity index (χ4v) is 2.48. The first-order valence-corrected chi connectivity index (χ1v) is 6.13. The summed E-state index contributed by atoms with van der Waals surface area (Å²) in [5, 5.41) is 2.54. The molecule has 0 saturated heterocycles. The minimum absolute atomic E-state index is 0.676. The van der Waals surface area contributed by atoms with Gasteiger partial charge in [-0.05, 0) is 35.4 Å². The van der Waals surface area contributed by atoms with Gasteiger partial charge in [0.15, 0.2) is 0 Å². The summed E-state index contributed by atoms with van der Waals surface area (Å²) in [6.45, 7) is 0.676. The van der Waals surface area contributed by atoms with Gasteiger partial charge in [0.25, 0.3) is 0 Å². The Kier molecular flexibility index (Phi) is 2.44. The first-order chi connectivity index (χ1) is 7.84. The van der Waals surface area contributed by atoms with Crippen LogP contribution in [0.1, 0.15) is 5.56 Å². The zero-order valence-corrected chi connectivity index (χ0v) is 10.3. The molecule has 0 aliphatic carbocycles. The molecule has 0 saturated carbocycles. The van der Waals surface area contributed by atoms with Crippen LogP contribution in [-0.4, -0.2) is 6.61 Å². The number of ether oxygens (including phenoxy) is 1. The predicted molar refractivity (Wildman–Crippen MR) is 70.0 cm³/mol. The second kappa shape index (κ2) is 3.95. The monoisotopic (exact) mass is 274 g/mol. The first kappa shape index (κ1) is 9.91. The summed E-state index contributed by atoms with van der Waals surface area (Å²) in [7, 11) is 0. The smallest absolute Gasteiger partial charge is 0.123 e. The first-order valence-electron chi connectivity index (χ1n) is 5.33. The number of benzene rings is 2. The molecule has 16 heavy (non-hydrogen) atoms.